The number of carbonyl (C=O) groups excluding carboxylic acids is 3. The Kier molecular flexibility index (Phi) is 5.25. The first-order valence-corrected chi connectivity index (χ1v) is 9.27. The van der Waals surface area contributed by atoms with Crippen LogP contribution < -0.4 is 15.0 Å². The molecule has 1 aromatic heterocycles. The molecule has 10 heteroatoms. The fraction of sp³-hybridized carbons (Fsp3) is 0.0455. The molecule has 0 bridgehead atoms. The number of methoxy groups -OCH3 is 1. The van der Waals surface area contributed by atoms with Crippen LogP contribution >= 0.6 is 0 Å². The fourth-order valence-electron chi connectivity index (χ4n) is 3.10. The molecule has 0 unspecified atom stereocenters. The number of urea groups is 1. The molecule has 1 aliphatic heterocycles. The van der Waals surface area contributed by atoms with Crippen LogP contribution in [-0.2, 0) is 9.59 Å². The highest BCUT2D eigenvalue weighted by Crippen LogP contribution is 2.27. The van der Waals surface area contributed by atoms with Gasteiger partial charge in [-0.1, -0.05) is 0 Å². The van der Waals surface area contributed by atoms with Crippen molar-refractivity contribution in [3.63, 3.8) is 0 Å². The highest BCUT2D eigenvalue weighted by atomic mass is 16.6. The van der Waals surface area contributed by atoms with Gasteiger partial charge in [-0.2, -0.15) is 0 Å². The minimum absolute atomic E-state index is 0.0598. The molecule has 4 rings (SSSR count). The van der Waals surface area contributed by atoms with E-state index in [-0.39, 0.29) is 22.7 Å². The summed E-state index contributed by atoms with van der Waals surface area (Å²) in [4.78, 5) is 48.6. The van der Waals surface area contributed by atoms with Gasteiger partial charge in [0.2, 0.25) is 0 Å². The molecule has 1 N–H and O–H groups in total. The van der Waals surface area contributed by atoms with Gasteiger partial charge in [0.1, 0.15) is 22.8 Å². The second-order valence-electron chi connectivity index (χ2n) is 6.66. The van der Waals surface area contributed by atoms with Crippen molar-refractivity contribution in [2.24, 2.45) is 0 Å². The molecule has 32 heavy (non-hydrogen) atoms. The van der Waals surface area contributed by atoms with Gasteiger partial charge in [0, 0.05) is 17.7 Å². The topological polar surface area (TPSA) is 132 Å². The van der Waals surface area contributed by atoms with Gasteiger partial charge in [0.25, 0.3) is 17.5 Å². The minimum Gasteiger partial charge on any atom is -0.497 e. The van der Waals surface area contributed by atoms with E-state index in [1.165, 1.54) is 49.6 Å². The van der Waals surface area contributed by atoms with Crippen molar-refractivity contribution >= 4 is 35.3 Å². The smallest absolute Gasteiger partial charge is 0.335 e. The lowest BCUT2D eigenvalue weighted by Crippen LogP contribution is -2.54. The zero-order valence-electron chi connectivity index (χ0n) is 16.6. The van der Waals surface area contributed by atoms with Crippen LogP contribution in [0.1, 0.15) is 5.76 Å². The van der Waals surface area contributed by atoms with E-state index in [0.717, 1.165) is 4.90 Å². The summed E-state index contributed by atoms with van der Waals surface area (Å²) in [6.45, 7) is 0. The number of hydrogen-bond donors (Lipinski definition) is 1. The van der Waals surface area contributed by atoms with Gasteiger partial charge in [-0.15, -0.1) is 0 Å². The first kappa shape index (κ1) is 20.5. The lowest BCUT2D eigenvalue weighted by atomic mass is 10.1. The van der Waals surface area contributed by atoms with E-state index in [1.807, 2.05) is 0 Å². The number of barbiturate groups is 1. The average Bonchev–Trinajstić information content (AvgIpc) is 3.26. The summed E-state index contributed by atoms with van der Waals surface area (Å²) < 4.78 is 10.7. The Bertz CT molecular complexity index is 1260. The standard InChI is InChI=1S/C22H15N3O7/c1-31-16-8-6-14(7-9-16)24-21(27)18(20(26)23-22(24)28)12-17-10-11-19(32-17)13-2-4-15(5-3-13)25(29)30/h2-12H,1H3,(H,23,26,28). The zero-order chi connectivity index (χ0) is 22.8. The number of anilines is 1. The van der Waals surface area contributed by atoms with Crippen LogP contribution in [0.25, 0.3) is 17.4 Å². The summed E-state index contributed by atoms with van der Waals surface area (Å²) >= 11 is 0. The van der Waals surface area contributed by atoms with E-state index in [9.17, 15) is 24.5 Å². The monoisotopic (exact) mass is 433 g/mol. The molecule has 2 aromatic carbocycles. The number of nitro groups is 1. The van der Waals surface area contributed by atoms with Gasteiger partial charge in [0.05, 0.1) is 17.7 Å². The summed E-state index contributed by atoms with van der Waals surface area (Å²) in [6, 6.07) is 14.2. The maximum absolute atomic E-state index is 12.9. The number of carbonyl (C=O) groups is 3. The van der Waals surface area contributed by atoms with Crippen molar-refractivity contribution in [1.82, 2.24) is 5.32 Å². The van der Waals surface area contributed by atoms with Crippen LogP contribution in [-0.4, -0.2) is 29.9 Å². The summed E-state index contributed by atoms with van der Waals surface area (Å²) in [7, 11) is 1.49. The van der Waals surface area contributed by atoms with Crippen LogP contribution in [0.2, 0.25) is 0 Å². The molecule has 0 saturated carbocycles. The fourth-order valence-corrected chi connectivity index (χ4v) is 3.10. The van der Waals surface area contributed by atoms with E-state index in [2.05, 4.69) is 5.32 Å². The lowest BCUT2D eigenvalue weighted by molar-refractivity contribution is -0.384. The lowest BCUT2D eigenvalue weighted by Gasteiger charge is -2.26. The first-order valence-electron chi connectivity index (χ1n) is 9.27. The maximum atomic E-state index is 12.9. The molecule has 0 spiro atoms. The van der Waals surface area contributed by atoms with Gasteiger partial charge < -0.3 is 9.15 Å². The van der Waals surface area contributed by atoms with Crippen molar-refractivity contribution in [3.8, 4) is 17.1 Å². The summed E-state index contributed by atoms with van der Waals surface area (Å²) in [6.07, 6.45) is 1.23. The molecule has 4 amide bonds. The van der Waals surface area contributed by atoms with Gasteiger partial charge in [-0.05, 0) is 54.6 Å². The first-order chi connectivity index (χ1) is 15.4. The predicted molar refractivity (Wildman–Crippen MR) is 113 cm³/mol. The van der Waals surface area contributed by atoms with Gasteiger partial charge in [-0.25, -0.2) is 9.69 Å². The second kappa shape index (κ2) is 8.19. The zero-order valence-corrected chi connectivity index (χ0v) is 16.6. The van der Waals surface area contributed by atoms with Crippen molar-refractivity contribution in [2.45, 2.75) is 0 Å². The second-order valence-corrected chi connectivity index (χ2v) is 6.66. The number of nitrogens with zero attached hydrogens (tertiary/aromatic N) is 2. The largest absolute Gasteiger partial charge is 0.497 e. The Balaban J connectivity index is 1.62. The van der Waals surface area contributed by atoms with Crippen LogP contribution in [0.15, 0.2) is 70.7 Å². The molecule has 0 radical (unpaired) electrons. The Morgan fingerprint density at radius 3 is 2.31 bits per heavy atom. The average molecular weight is 433 g/mol. The van der Waals surface area contributed by atoms with Gasteiger partial charge in [0.15, 0.2) is 0 Å². The Hall–Kier alpha value is -4.73. The van der Waals surface area contributed by atoms with E-state index in [1.54, 1.807) is 24.3 Å². The summed E-state index contributed by atoms with van der Waals surface area (Å²) in [5.74, 6) is -0.533. The van der Waals surface area contributed by atoms with Crippen LogP contribution in [0.3, 0.4) is 0 Å². The number of ether oxygens (including phenoxy) is 1. The van der Waals surface area contributed by atoms with E-state index in [0.29, 0.717) is 17.1 Å². The van der Waals surface area contributed by atoms with Crippen molar-refractivity contribution < 1.29 is 28.5 Å². The van der Waals surface area contributed by atoms with Crippen LogP contribution in [0.4, 0.5) is 16.2 Å². The quantitative estimate of drug-likeness (QED) is 0.282. The highest BCUT2D eigenvalue weighted by molar-refractivity contribution is 6.39. The van der Waals surface area contributed by atoms with Gasteiger partial charge >= 0.3 is 6.03 Å². The number of benzene rings is 2. The summed E-state index contributed by atoms with van der Waals surface area (Å²) in [5.41, 5.74) is 0.493. The minimum atomic E-state index is -0.867. The molecule has 0 aliphatic carbocycles. The molecule has 1 fully saturated rings. The predicted octanol–water partition coefficient (Wildman–Crippen LogP) is 3.53. The Labute approximate surface area is 180 Å². The highest BCUT2D eigenvalue weighted by Gasteiger charge is 2.37. The number of nitro benzene ring substituents is 1. The normalized spacial score (nSPS) is 15.1. The molecule has 3 aromatic rings. The number of rotatable bonds is 5. The molecule has 160 valence electrons. The van der Waals surface area contributed by atoms with Crippen LogP contribution in [0.5, 0.6) is 5.75 Å². The number of nitrogens with one attached hydrogen (secondary N) is 1. The van der Waals surface area contributed by atoms with Crippen molar-refractivity contribution in [1.29, 1.82) is 0 Å². The SMILES string of the molecule is COc1ccc(N2C(=O)NC(=O)C(=Cc3ccc(-c4ccc([N+](=O)[O-])cc4)o3)C2=O)cc1. The van der Waals surface area contributed by atoms with Crippen molar-refractivity contribution in [2.75, 3.05) is 12.0 Å². The molecular formula is C22H15N3O7. The number of hydrogen-bond acceptors (Lipinski definition) is 7. The number of imide groups is 2. The number of non-ortho nitro benzene ring substituents is 1. The third-order valence-corrected chi connectivity index (χ3v) is 4.71. The third kappa shape index (κ3) is 3.84. The van der Waals surface area contributed by atoms with Gasteiger partial charge in [-0.3, -0.25) is 25.0 Å². The van der Waals surface area contributed by atoms with Crippen LogP contribution in [0, 0.1) is 10.1 Å². The van der Waals surface area contributed by atoms with E-state index in [4.69, 9.17) is 9.15 Å². The molecule has 0 atom stereocenters. The van der Waals surface area contributed by atoms with E-state index >= 15 is 0 Å². The Morgan fingerprint density at radius 2 is 1.69 bits per heavy atom. The molecular weight excluding hydrogens is 418 g/mol. The van der Waals surface area contributed by atoms with E-state index < -0.39 is 22.8 Å². The molecule has 2 heterocycles. The number of furan rings is 1. The number of amides is 4. The van der Waals surface area contributed by atoms with Crippen molar-refractivity contribution in [3.05, 3.63) is 82.1 Å². The summed E-state index contributed by atoms with van der Waals surface area (Å²) in [5, 5.41) is 12.9. The molecule has 1 aliphatic rings. The third-order valence-electron chi connectivity index (χ3n) is 4.71. The molecule has 1 saturated heterocycles. The molecule has 10 nitrogen and oxygen atoms in total. The Morgan fingerprint density at radius 1 is 1.00 bits per heavy atom. The maximum Gasteiger partial charge on any atom is 0.335 e.